The Bertz CT molecular complexity index is 2790. The second-order valence-corrected chi connectivity index (χ2v) is 11.2. The van der Waals surface area contributed by atoms with Crippen LogP contribution in [-0.4, -0.2) is 0 Å². The van der Waals surface area contributed by atoms with Crippen LogP contribution in [0.5, 0.6) is 0 Å². The van der Waals surface area contributed by atoms with Gasteiger partial charge in [0.25, 0.3) is 0 Å². The first-order chi connectivity index (χ1) is 24.8. The van der Waals surface area contributed by atoms with Crippen LogP contribution in [0.1, 0.15) is 8.22 Å². The number of furan rings is 1. The fourth-order valence-corrected chi connectivity index (χ4v) is 6.57. The summed E-state index contributed by atoms with van der Waals surface area (Å²) in [5.74, 6) is 0. The Morgan fingerprint density at radius 1 is 0.356 bits per heavy atom. The molecule has 0 aliphatic heterocycles. The molecule has 0 saturated carbocycles. The van der Waals surface area contributed by atoms with E-state index in [-0.39, 0.29) is 46.1 Å². The molecule has 9 aromatic rings. The van der Waals surface area contributed by atoms with Gasteiger partial charge in [-0.15, -0.1) is 0 Å². The molecule has 0 saturated heterocycles. The number of para-hydroxylation sites is 1. The zero-order chi connectivity index (χ0) is 35.0. The lowest BCUT2D eigenvalue weighted by Gasteiger charge is -2.20. The molecule has 0 bridgehead atoms. The van der Waals surface area contributed by atoms with Crippen LogP contribution in [0.25, 0.3) is 88.0 Å². The molecule has 1 heterocycles. The second-order valence-electron chi connectivity index (χ2n) is 11.2. The van der Waals surface area contributed by atoms with Gasteiger partial charge >= 0.3 is 0 Å². The van der Waals surface area contributed by atoms with Crippen LogP contribution in [0.15, 0.2) is 174 Å². The molecule has 0 atom stereocenters. The third-order valence-corrected chi connectivity index (χ3v) is 8.60. The molecule has 0 N–H and O–H groups in total. The van der Waals surface area contributed by atoms with Crippen LogP contribution >= 0.6 is 0 Å². The van der Waals surface area contributed by atoms with Crippen LogP contribution in [0.4, 0.5) is 0 Å². The van der Waals surface area contributed by atoms with Crippen molar-refractivity contribution in [3.8, 4) is 44.5 Å². The standard InChI is InChI=1S/C44H28O/c1-3-13-29(14-4-1)30-23-25-32(26-24-30)43-34-18-7-9-20-36(34)44(37-21-10-8-19-35(37)43)40-27-39-33-17-11-12-22-41(33)45-42(39)28-38(40)31-15-5-2-6-16-31/h1-28H/i11D,12D,17D,22D,27D,28D. The Morgan fingerprint density at radius 2 is 0.867 bits per heavy atom. The van der Waals surface area contributed by atoms with Gasteiger partial charge in [-0.05, 0) is 84.2 Å². The lowest BCUT2D eigenvalue weighted by Crippen LogP contribution is -1.93. The van der Waals surface area contributed by atoms with E-state index in [4.69, 9.17) is 9.90 Å². The maximum Gasteiger partial charge on any atom is 0.136 e. The zero-order valence-corrected chi connectivity index (χ0v) is 24.1. The van der Waals surface area contributed by atoms with Crippen molar-refractivity contribution in [3.63, 3.8) is 0 Å². The highest BCUT2D eigenvalue weighted by Gasteiger charge is 2.21. The smallest absolute Gasteiger partial charge is 0.136 e. The lowest BCUT2D eigenvalue weighted by atomic mass is 9.83. The van der Waals surface area contributed by atoms with Crippen LogP contribution < -0.4 is 0 Å². The van der Waals surface area contributed by atoms with Gasteiger partial charge in [-0.25, -0.2) is 0 Å². The predicted molar refractivity (Wildman–Crippen MR) is 190 cm³/mol. The summed E-state index contributed by atoms with van der Waals surface area (Å²) >= 11 is 0. The highest BCUT2D eigenvalue weighted by Crippen LogP contribution is 2.48. The highest BCUT2D eigenvalue weighted by atomic mass is 16.3. The minimum absolute atomic E-state index is 0.0176. The number of benzene rings is 8. The number of hydrogen-bond donors (Lipinski definition) is 0. The zero-order valence-electron chi connectivity index (χ0n) is 30.1. The molecule has 0 radical (unpaired) electrons. The summed E-state index contributed by atoms with van der Waals surface area (Å²) in [6.45, 7) is 0. The van der Waals surface area contributed by atoms with E-state index in [0.717, 1.165) is 54.9 Å². The Hall–Kier alpha value is -5.92. The van der Waals surface area contributed by atoms with Crippen molar-refractivity contribution in [2.24, 2.45) is 0 Å². The van der Waals surface area contributed by atoms with Crippen molar-refractivity contribution in [2.75, 3.05) is 0 Å². The lowest BCUT2D eigenvalue weighted by molar-refractivity contribution is 0.669. The van der Waals surface area contributed by atoms with Gasteiger partial charge in [0.05, 0.1) is 8.22 Å². The Kier molecular flexibility index (Phi) is 4.63. The molecule has 45 heavy (non-hydrogen) atoms. The molecule has 1 aromatic heterocycles. The van der Waals surface area contributed by atoms with Gasteiger partial charge in [0.1, 0.15) is 11.2 Å². The summed E-state index contributed by atoms with van der Waals surface area (Å²) in [7, 11) is 0. The molecular weight excluding hydrogens is 544 g/mol. The largest absolute Gasteiger partial charge is 0.456 e. The van der Waals surface area contributed by atoms with Crippen molar-refractivity contribution in [1.82, 2.24) is 0 Å². The molecule has 0 aliphatic rings. The first-order valence-corrected chi connectivity index (χ1v) is 15.0. The monoisotopic (exact) mass is 578 g/mol. The normalized spacial score (nSPS) is 13.4. The molecule has 0 unspecified atom stereocenters. The van der Waals surface area contributed by atoms with E-state index in [9.17, 15) is 2.74 Å². The van der Waals surface area contributed by atoms with E-state index in [2.05, 4.69) is 60.7 Å². The molecule has 8 aromatic carbocycles. The molecule has 0 fully saturated rings. The molecule has 1 heteroatoms. The van der Waals surface area contributed by atoms with E-state index >= 15 is 0 Å². The summed E-state index contributed by atoms with van der Waals surface area (Å²) < 4.78 is 59.9. The Labute approximate surface area is 270 Å². The number of fused-ring (bicyclic) bond motifs is 5. The second kappa shape index (κ2) is 10.4. The van der Waals surface area contributed by atoms with Crippen LogP contribution in [0.2, 0.25) is 0 Å². The van der Waals surface area contributed by atoms with Crippen molar-refractivity contribution < 1.29 is 12.6 Å². The van der Waals surface area contributed by atoms with Crippen LogP contribution in [-0.2, 0) is 0 Å². The van der Waals surface area contributed by atoms with Crippen LogP contribution in [0.3, 0.4) is 0 Å². The molecule has 0 amide bonds. The van der Waals surface area contributed by atoms with Crippen molar-refractivity contribution in [1.29, 1.82) is 0 Å². The van der Waals surface area contributed by atoms with E-state index in [1.165, 1.54) is 0 Å². The summed E-state index contributed by atoms with van der Waals surface area (Å²) in [6.07, 6.45) is 0. The topological polar surface area (TPSA) is 13.1 Å². The molecule has 210 valence electrons. The number of hydrogen-bond acceptors (Lipinski definition) is 1. The summed E-state index contributed by atoms with van der Waals surface area (Å²) in [4.78, 5) is 0. The fourth-order valence-electron chi connectivity index (χ4n) is 6.57. The molecular formula is C44H28O. The molecule has 0 spiro atoms. The fraction of sp³-hybridized carbons (Fsp3) is 0. The van der Waals surface area contributed by atoms with E-state index in [0.29, 0.717) is 11.1 Å². The van der Waals surface area contributed by atoms with Crippen molar-refractivity contribution >= 4 is 43.5 Å². The summed E-state index contributed by atoms with van der Waals surface area (Å²) in [6, 6.07) is 43.3. The maximum absolute atomic E-state index is 9.93. The van der Waals surface area contributed by atoms with Gasteiger partial charge in [0.15, 0.2) is 0 Å². The van der Waals surface area contributed by atoms with E-state index < -0.39 is 12.1 Å². The third kappa shape index (κ3) is 4.17. The SMILES string of the molecule is [2H]c1c([2H])c([2H])c2c(oc3c([2H])c(-c4ccccc4)c(-c4c5ccccc5c(-c5ccc(-c6ccccc6)cc5)c5ccccc45)c([2H])c32)c1[2H]. The van der Waals surface area contributed by atoms with Gasteiger partial charge < -0.3 is 4.42 Å². The van der Waals surface area contributed by atoms with Gasteiger partial charge in [-0.1, -0.05) is 152 Å². The predicted octanol–water partition coefficient (Wildman–Crippen LogP) is 12.6. The average Bonchev–Trinajstić information content (AvgIpc) is 3.59. The Balaban J connectivity index is 1.44. The average molecular weight is 579 g/mol. The van der Waals surface area contributed by atoms with Crippen molar-refractivity contribution in [2.45, 2.75) is 0 Å². The Morgan fingerprint density at radius 3 is 1.51 bits per heavy atom. The quantitative estimate of drug-likeness (QED) is 0.189. The third-order valence-electron chi connectivity index (χ3n) is 8.60. The van der Waals surface area contributed by atoms with E-state index in [1.54, 1.807) is 0 Å². The van der Waals surface area contributed by atoms with Crippen molar-refractivity contribution in [3.05, 3.63) is 170 Å². The van der Waals surface area contributed by atoms with Gasteiger partial charge in [0, 0.05) is 10.8 Å². The minimum atomic E-state index is -0.419. The van der Waals surface area contributed by atoms with Crippen LogP contribution in [0, 0.1) is 0 Å². The first-order valence-electron chi connectivity index (χ1n) is 18.0. The molecule has 0 aliphatic carbocycles. The molecule has 9 rings (SSSR count). The molecule has 1 nitrogen and oxygen atoms in total. The summed E-state index contributed by atoms with van der Waals surface area (Å²) in [5, 5.41) is 4.09. The minimum Gasteiger partial charge on any atom is -0.456 e. The number of rotatable bonds is 4. The van der Waals surface area contributed by atoms with E-state index in [1.807, 2.05) is 72.8 Å². The first kappa shape index (κ1) is 20.1. The summed E-state index contributed by atoms with van der Waals surface area (Å²) in [5.41, 5.74) is 6.89. The van der Waals surface area contributed by atoms with Gasteiger partial charge in [-0.3, -0.25) is 0 Å². The maximum atomic E-state index is 9.93. The highest BCUT2D eigenvalue weighted by molar-refractivity contribution is 6.23. The van der Waals surface area contributed by atoms with Gasteiger partial charge in [0.2, 0.25) is 0 Å². The van der Waals surface area contributed by atoms with Gasteiger partial charge in [-0.2, -0.15) is 0 Å².